The minimum Gasteiger partial charge on any atom is -0.459 e. The van der Waals surface area contributed by atoms with E-state index in [1.54, 1.807) is 12.1 Å². The fraction of sp³-hybridized carbons (Fsp3) is 0.316. The molecular formula is C19H23BrO2. The zero-order valence-corrected chi connectivity index (χ0v) is 14.8. The first-order chi connectivity index (χ1) is 10.8. The number of ether oxygens (including phenoxy) is 1. The van der Waals surface area contributed by atoms with E-state index in [1.165, 1.54) is 6.42 Å². The van der Waals surface area contributed by atoms with Crippen molar-refractivity contribution < 1.29 is 9.53 Å². The third kappa shape index (κ3) is 6.90. The van der Waals surface area contributed by atoms with Crippen LogP contribution < -0.4 is 0 Å². The van der Waals surface area contributed by atoms with Crippen molar-refractivity contribution in [2.45, 2.75) is 39.2 Å². The third-order valence-corrected chi connectivity index (χ3v) is 3.60. The summed E-state index contributed by atoms with van der Waals surface area (Å²) in [5.74, 6) is -0.190. The van der Waals surface area contributed by atoms with Crippen LogP contribution in [0.15, 0.2) is 65.1 Å². The Labute approximate surface area is 141 Å². The molecule has 0 aromatic heterocycles. The van der Waals surface area contributed by atoms with Crippen LogP contribution >= 0.6 is 15.9 Å². The molecule has 0 N–H and O–H groups in total. The average Bonchev–Trinajstić information content (AvgIpc) is 2.55. The first kappa shape index (κ1) is 18.4. The molecule has 3 rings (SSSR count). The fourth-order valence-electron chi connectivity index (χ4n) is 1.70. The van der Waals surface area contributed by atoms with Crippen LogP contribution in [0.1, 0.15) is 43.5 Å². The van der Waals surface area contributed by atoms with Gasteiger partial charge in [0, 0.05) is 4.47 Å². The molecule has 2 aromatic carbocycles. The molecule has 0 aliphatic heterocycles. The molecule has 1 fully saturated rings. The van der Waals surface area contributed by atoms with Crippen molar-refractivity contribution >= 4 is 21.9 Å². The van der Waals surface area contributed by atoms with Crippen molar-refractivity contribution in [2.75, 3.05) is 0 Å². The summed E-state index contributed by atoms with van der Waals surface area (Å²) in [4.78, 5) is 11.4. The number of esters is 1. The van der Waals surface area contributed by atoms with Gasteiger partial charge in [0.2, 0.25) is 0 Å². The molecule has 22 heavy (non-hydrogen) atoms. The van der Waals surface area contributed by atoms with Crippen LogP contribution in [0.25, 0.3) is 0 Å². The highest BCUT2D eigenvalue weighted by molar-refractivity contribution is 9.10. The Bertz CT molecular complexity index is 522. The Hall–Kier alpha value is -1.61. The first-order valence-corrected chi connectivity index (χ1v) is 8.51. The normalized spacial score (nSPS) is 12.7. The van der Waals surface area contributed by atoms with E-state index >= 15 is 0 Å². The minimum absolute atomic E-state index is 0.174. The molecule has 0 unspecified atom stereocenters. The highest BCUT2D eigenvalue weighted by Gasteiger charge is 2.21. The average molecular weight is 363 g/mol. The fourth-order valence-corrected chi connectivity index (χ4v) is 2.00. The predicted octanol–water partition coefficient (Wildman–Crippen LogP) is 5.87. The van der Waals surface area contributed by atoms with Gasteiger partial charge < -0.3 is 4.74 Å². The summed E-state index contributed by atoms with van der Waals surface area (Å²) in [5.41, 5.74) is 0.648. The van der Waals surface area contributed by atoms with Gasteiger partial charge in [-0.1, -0.05) is 66.2 Å². The summed E-state index contributed by atoms with van der Waals surface area (Å²) in [6.45, 7) is 4.00. The summed E-state index contributed by atoms with van der Waals surface area (Å²) in [6.07, 6.45) is 3.41. The Kier molecular flexibility index (Phi) is 9.24. The van der Waals surface area contributed by atoms with E-state index in [1.807, 2.05) is 62.4 Å². The van der Waals surface area contributed by atoms with E-state index < -0.39 is 0 Å². The van der Waals surface area contributed by atoms with Gasteiger partial charge in [-0.15, -0.1) is 0 Å². The number of carbonyl (C=O) groups excluding carboxylic acids is 1. The summed E-state index contributed by atoms with van der Waals surface area (Å²) in [5, 5.41) is 0. The van der Waals surface area contributed by atoms with E-state index in [2.05, 4.69) is 15.9 Å². The predicted molar refractivity (Wildman–Crippen MR) is 95.0 cm³/mol. The molecule has 2 aromatic rings. The molecule has 0 atom stereocenters. The molecule has 0 amide bonds. The molecule has 118 valence electrons. The Morgan fingerprint density at radius 2 is 1.45 bits per heavy atom. The topological polar surface area (TPSA) is 26.3 Å². The first-order valence-electron chi connectivity index (χ1n) is 7.72. The number of hydrogen-bond donors (Lipinski definition) is 0. The maximum atomic E-state index is 11.4. The van der Waals surface area contributed by atoms with Gasteiger partial charge in [0.05, 0.1) is 5.56 Å². The Morgan fingerprint density at radius 1 is 0.955 bits per heavy atom. The van der Waals surface area contributed by atoms with Gasteiger partial charge in [0.15, 0.2) is 0 Å². The molecule has 1 aliphatic carbocycles. The van der Waals surface area contributed by atoms with Gasteiger partial charge in [0.25, 0.3) is 0 Å². The summed E-state index contributed by atoms with van der Waals surface area (Å²) < 4.78 is 6.37. The highest BCUT2D eigenvalue weighted by atomic mass is 79.9. The monoisotopic (exact) mass is 362 g/mol. The van der Waals surface area contributed by atoms with Crippen molar-refractivity contribution in [2.24, 2.45) is 0 Å². The molecule has 1 aliphatic rings. The van der Waals surface area contributed by atoms with Crippen molar-refractivity contribution in [3.63, 3.8) is 0 Å². The number of benzene rings is 2. The van der Waals surface area contributed by atoms with Crippen LogP contribution in [0.2, 0.25) is 0 Å². The lowest BCUT2D eigenvalue weighted by Gasteiger charge is -2.25. The summed E-state index contributed by atoms with van der Waals surface area (Å²) in [6, 6.07) is 19.1. The van der Waals surface area contributed by atoms with Crippen LogP contribution in [-0.2, 0) is 4.74 Å². The standard InChI is InChI=1S/C11H12O2.C6H5Br.C2H6/c12-11(13-10-7-4-8-10)9-5-2-1-3-6-9;7-6-4-2-1-3-5-6;1-2/h1-3,5-6,10H,4,7-8H2;1-5H;1-2H3. The molecule has 0 spiro atoms. The van der Waals surface area contributed by atoms with Crippen molar-refractivity contribution in [3.8, 4) is 0 Å². The quantitative estimate of drug-likeness (QED) is 0.624. The van der Waals surface area contributed by atoms with Crippen LogP contribution in [-0.4, -0.2) is 12.1 Å². The molecule has 0 radical (unpaired) electrons. The lowest BCUT2D eigenvalue weighted by Crippen LogP contribution is -2.24. The second kappa shape index (κ2) is 11.0. The zero-order valence-electron chi connectivity index (χ0n) is 13.2. The van der Waals surface area contributed by atoms with Gasteiger partial charge in [-0.05, 0) is 43.5 Å². The molecule has 0 saturated heterocycles. The number of hydrogen-bond acceptors (Lipinski definition) is 2. The Morgan fingerprint density at radius 3 is 1.82 bits per heavy atom. The van der Waals surface area contributed by atoms with Gasteiger partial charge in [0.1, 0.15) is 6.10 Å². The Balaban J connectivity index is 0.000000228. The van der Waals surface area contributed by atoms with Crippen molar-refractivity contribution in [1.82, 2.24) is 0 Å². The second-order valence-corrected chi connectivity index (χ2v) is 5.54. The van der Waals surface area contributed by atoms with Crippen molar-refractivity contribution in [1.29, 1.82) is 0 Å². The molecular weight excluding hydrogens is 340 g/mol. The van der Waals surface area contributed by atoms with Crippen LogP contribution in [0.4, 0.5) is 0 Å². The number of carbonyl (C=O) groups is 1. The molecule has 3 heteroatoms. The zero-order chi connectivity index (χ0) is 16.2. The molecule has 1 saturated carbocycles. The third-order valence-electron chi connectivity index (χ3n) is 3.07. The molecule has 0 bridgehead atoms. The number of rotatable bonds is 2. The van der Waals surface area contributed by atoms with Crippen LogP contribution in [0.3, 0.4) is 0 Å². The lowest BCUT2D eigenvalue weighted by atomic mass is 9.96. The lowest BCUT2D eigenvalue weighted by molar-refractivity contribution is 0.00901. The van der Waals surface area contributed by atoms with Gasteiger partial charge in [-0.2, -0.15) is 0 Å². The maximum absolute atomic E-state index is 11.4. The van der Waals surface area contributed by atoms with Gasteiger partial charge in [-0.25, -0.2) is 4.79 Å². The minimum atomic E-state index is -0.190. The van der Waals surface area contributed by atoms with Crippen molar-refractivity contribution in [3.05, 3.63) is 70.7 Å². The molecule has 2 nitrogen and oxygen atoms in total. The van der Waals surface area contributed by atoms with E-state index in [0.29, 0.717) is 5.56 Å². The van der Waals surface area contributed by atoms with Crippen LogP contribution in [0.5, 0.6) is 0 Å². The molecule has 0 heterocycles. The van der Waals surface area contributed by atoms with Gasteiger partial charge >= 0.3 is 5.97 Å². The van der Waals surface area contributed by atoms with Gasteiger partial charge in [-0.3, -0.25) is 0 Å². The largest absolute Gasteiger partial charge is 0.459 e. The smallest absolute Gasteiger partial charge is 0.338 e. The van der Waals surface area contributed by atoms with Crippen LogP contribution in [0, 0.1) is 0 Å². The highest BCUT2D eigenvalue weighted by Crippen LogP contribution is 2.22. The van der Waals surface area contributed by atoms with E-state index in [0.717, 1.165) is 17.3 Å². The number of halogens is 1. The second-order valence-electron chi connectivity index (χ2n) is 4.62. The summed E-state index contributed by atoms with van der Waals surface area (Å²) in [7, 11) is 0. The van der Waals surface area contributed by atoms with E-state index in [-0.39, 0.29) is 12.1 Å². The van der Waals surface area contributed by atoms with E-state index in [4.69, 9.17) is 4.74 Å². The van der Waals surface area contributed by atoms with E-state index in [9.17, 15) is 4.79 Å². The maximum Gasteiger partial charge on any atom is 0.338 e. The summed E-state index contributed by atoms with van der Waals surface area (Å²) >= 11 is 3.31. The SMILES string of the molecule is Brc1ccccc1.CC.O=C(OC1CCC1)c1ccccc1.